The van der Waals surface area contributed by atoms with E-state index in [2.05, 4.69) is 15.3 Å². The number of hydrogen-bond donors (Lipinski definition) is 1. The second-order valence-electron chi connectivity index (χ2n) is 4.00. The van der Waals surface area contributed by atoms with Gasteiger partial charge in [0.15, 0.2) is 0 Å². The lowest BCUT2D eigenvalue weighted by molar-refractivity contribution is -0.121. The van der Waals surface area contributed by atoms with Gasteiger partial charge in [-0.3, -0.25) is 14.8 Å². The van der Waals surface area contributed by atoms with E-state index < -0.39 is 0 Å². The summed E-state index contributed by atoms with van der Waals surface area (Å²) in [7, 11) is 0. The zero-order valence-corrected chi connectivity index (χ0v) is 10.0. The maximum Gasteiger partial charge on any atom is 0.220 e. The highest BCUT2D eigenvalue weighted by molar-refractivity contribution is 5.76. The summed E-state index contributed by atoms with van der Waals surface area (Å²) >= 11 is 0. The Morgan fingerprint density at radius 3 is 2.33 bits per heavy atom. The van der Waals surface area contributed by atoms with Crippen LogP contribution < -0.4 is 5.32 Å². The van der Waals surface area contributed by atoms with E-state index in [0.29, 0.717) is 19.4 Å². The van der Waals surface area contributed by atoms with E-state index in [1.807, 2.05) is 24.3 Å². The molecule has 0 fully saturated rings. The summed E-state index contributed by atoms with van der Waals surface area (Å²) in [5, 5.41) is 2.87. The number of rotatable bonds is 5. The molecule has 2 rings (SSSR count). The van der Waals surface area contributed by atoms with Gasteiger partial charge in [-0.2, -0.15) is 0 Å². The Labute approximate surface area is 106 Å². The molecule has 0 unspecified atom stereocenters. The number of carbonyl (C=O) groups excluding carboxylic acids is 1. The normalized spacial score (nSPS) is 10.0. The van der Waals surface area contributed by atoms with Gasteiger partial charge in [0.25, 0.3) is 0 Å². The van der Waals surface area contributed by atoms with Gasteiger partial charge in [-0.05, 0) is 29.7 Å². The van der Waals surface area contributed by atoms with Crippen LogP contribution in [-0.2, 0) is 17.8 Å². The Morgan fingerprint density at radius 1 is 1.06 bits per heavy atom. The number of amides is 1. The van der Waals surface area contributed by atoms with E-state index in [9.17, 15) is 4.79 Å². The first-order valence-corrected chi connectivity index (χ1v) is 5.89. The summed E-state index contributed by atoms with van der Waals surface area (Å²) in [5.74, 6) is 0.0442. The Balaban J connectivity index is 1.73. The maximum absolute atomic E-state index is 11.6. The number of nitrogens with one attached hydrogen (secondary N) is 1. The van der Waals surface area contributed by atoms with E-state index in [1.165, 1.54) is 0 Å². The average molecular weight is 241 g/mol. The first-order valence-electron chi connectivity index (χ1n) is 5.89. The SMILES string of the molecule is O=C(CCc1cccnc1)NCc1cccnc1. The zero-order chi connectivity index (χ0) is 12.6. The minimum Gasteiger partial charge on any atom is -0.352 e. The smallest absolute Gasteiger partial charge is 0.220 e. The number of carbonyl (C=O) groups is 1. The minimum absolute atomic E-state index is 0.0442. The third-order valence-corrected chi connectivity index (χ3v) is 2.58. The van der Waals surface area contributed by atoms with E-state index in [1.54, 1.807) is 24.8 Å². The maximum atomic E-state index is 11.6. The fourth-order valence-electron chi connectivity index (χ4n) is 1.60. The molecule has 0 saturated carbocycles. The molecule has 0 saturated heterocycles. The number of pyridine rings is 2. The van der Waals surface area contributed by atoms with Gasteiger partial charge in [0.1, 0.15) is 0 Å². The van der Waals surface area contributed by atoms with Crippen LogP contribution in [0.1, 0.15) is 17.5 Å². The van der Waals surface area contributed by atoms with Crippen LogP contribution in [0.15, 0.2) is 49.1 Å². The van der Waals surface area contributed by atoms with Crippen molar-refractivity contribution >= 4 is 5.91 Å². The molecule has 4 heteroatoms. The van der Waals surface area contributed by atoms with Gasteiger partial charge in [0, 0.05) is 37.8 Å². The van der Waals surface area contributed by atoms with Crippen LogP contribution in [0, 0.1) is 0 Å². The molecule has 1 amide bonds. The summed E-state index contributed by atoms with van der Waals surface area (Å²) in [5.41, 5.74) is 2.08. The van der Waals surface area contributed by atoms with Crippen molar-refractivity contribution < 1.29 is 4.79 Å². The van der Waals surface area contributed by atoms with Gasteiger partial charge < -0.3 is 5.32 Å². The van der Waals surface area contributed by atoms with Gasteiger partial charge in [0.2, 0.25) is 5.91 Å². The van der Waals surface area contributed by atoms with Crippen molar-refractivity contribution in [2.45, 2.75) is 19.4 Å². The van der Waals surface area contributed by atoms with Gasteiger partial charge in [-0.15, -0.1) is 0 Å². The van der Waals surface area contributed by atoms with Crippen molar-refractivity contribution in [3.05, 3.63) is 60.2 Å². The second-order valence-corrected chi connectivity index (χ2v) is 4.00. The number of nitrogens with zero attached hydrogens (tertiary/aromatic N) is 2. The van der Waals surface area contributed by atoms with Crippen LogP contribution in [0.3, 0.4) is 0 Å². The molecule has 0 bridgehead atoms. The lowest BCUT2D eigenvalue weighted by atomic mass is 10.1. The molecule has 4 nitrogen and oxygen atoms in total. The predicted octanol–water partition coefficient (Wildman–Crippen LogP) is 1.73. The lowest BCUT2D eigenvalue weighted by Crippen LogP contribution is -2.23. The topological polar surface area (TPSA) is 54.9 Å². The molecule has 0 aromatic carbocycles. The van der Waals surface area contributed by atoms with Crippen LogP contribution in [0.2, 0.25) is 0 Å². The molecule has 2 heterocycles. The van der Waals surface area contributed by atoms with Crippen molar-refractivity contribution in [1.82, 2.24) is 15.3 Å². The second kappa shape index (κ2) is 6.49. The molecule has 0 aliphatic carbocycles. The highest BCUT2D eigenvalue weighted by Crippen LogP contribution is 2.01. The van der Waals surface area contributed by atoms with Crippen molar-refractivity contribution in [3.63, 3.8) is 0 Å². The number of hydrogen-bond acceptors (Lipinski definition) is 3. The first-order chi connectivity index (χ1) is 8.84. The fraction of sp³-hybridized carbons (Fsp3) is 0.214. The van der Waals surface area contributed by atoms with E-state index in [4.69, 9.17) is 0 Å². The van der Waals surface area contributed by atoms with Crippen molar-refractivity contribution in [3.8, 4) is 0 Å². The quantitative estimate of drug-likeness (QED) is 0.867. The predicted molar refractivity (Wildman–Crippen MR) is 68.6 cm³/mol. The van der Waals surface area contributed by atoms with Gasteiger partial charge in [0.05, 0.1) is 0 Å². The average Bonchev–Trinajstić information content (AvgIpc) is 2.45. The van der Waals surface area contributed by atoms with Crippen molar-refractivity contribution in [1.29, 1.82) is 0 Å². The van der Waals surface area contributed by atoms with Crippen LogP contribution in [0.5, 0.6) is 0 Å². The highest BCUT2D eigenvalue weighted by atomic mass is 16.1. The molecule has 0 aliphatic heterocycles. The molecular weight excluding hydrogens is 226 g/mol. The molecule has 0 atom stereocenters. The molecule has 2 aromatic rings. The molecule has 92 valence electrons. The van der Waals surface area contributed by atoms with E-state index in [0.717, 1.165) is 11.1 Å². The number of aromatic nitrogens is 2. The van der Waals surface area contributed by atoms with E-state index in [-0.39, 0.29) is 5.91 Å². The van der Waals surface area contributed by atoms with Crippen molar-refractivity contribution in [2.75, 3.05) is 0 Å². The molecule has 1 N–H and O–H groups in total. The van der Waals surface area contributed by atoms with Gasteiger partial charge in [-0.25, -0.2) is 0 Å². The molecular formula is C14H15N3O. The summed E-state index contributed by atoms with van der Waals surface area (Å²) < 4.78 is 0. The third-order valence-electron chi connectivity index (χ3n) is 2.58. The molecule has 18 heavy (non-hydrogen) atoms. The van der Waals surface area contributed by atoms with Crippen LogP contribution in [0.4, 0.5) is 0 Å². The molecule has 0 radical (unpaired) electrons. The summed E-state index contributed by atoms with van der Waals surface area (Å²) in [6, 6.07) is 7.65. The Morgan fingerprint density at radius 2 is 1.72 bits per heavy atom. The highest BCUT2D eigenvalue weighted by Gasteiger charge is 2.02. The summed E-state index contributed by atoms with van der Waals surface area (Å²) in [4.78, 5) is 19.7. The molecule has 0 aliphatic rings. The number of aryl methyl sites for hydroxylation is 1. The standard InChI is InChI=1S/C14H15N3O/c18-14(6-5-12-3-1-7-15-9-12)17-11-13-4-2-8-16-10-13/h1-4,7-10H,5-6,11H2,(H,17,18). The van der Waals surface area contributed by atoms with Gasteiger partial charge in [-0.1, -0.05) is 12.1 Å². The van der Waals surface area contributed by atoms with Crippen LogP contribution >= 0.6 is 0 Å². The van der Waals surface area contributed by atoms with Crippen LogP contribution in [0.25, 0.3) is 0 Å². The third kappa shape index (κ3) is 3.97. The summed E-state index contributed by atoms with van der Waals surface area (Å²) in [6.45, 7) is 0.527. The van der Waals surface area contributed by atoms with Crippen molar-refractivity contribution in [2.24, 2.45) is 0 Å². The Hall–Kier alpha value is -2.23. The monoisotopic (exact) mass is 241 g/mol. The molecule has 0 spiro atoms. The lowest BCUT2D eigenvalue weighted by Gasteiger charge is -2.04. The largest absolute Gasteiger partial charge is 0.352 e. The van der Waals surface area contributed by atoms with E-state index >= 15 is 0 Å². The zero-order valence-electron chi connectivity index (χ0n) is 10.0. The molecule has 2 aromatic heterocycles. The Kier molecular flexibility index (Phi) is 4.41. The summed E-state index contributed by atoms with van der Waals surface area (Å²) in [6.07, 6.45) is 8.17. The van der Waals surface area contributed by atoms with Gasteiger partial charge >= 0.3 is 0 Å². The van der Waals surface area contributed by atoms with Crippen LogP contribution in [-0.4, -0.2) is 15.9 Å². The Bertz CT molecular complexity index is 439. The minimum atomic E-state index is 0.0442. The fourth-order valence-corrected chi connectivity index (χ4v) is 1.60. The first kappa shape index (κ1) is 12.2.